The third kappa shape index (κ3) is 4.27. The van der Waals surface area contributed by atoms with Gasteiger partial charge in [0.25, 0.3) is 5.91 Å². The van der Waals surface area contributed by atoms with E-state index in [-0.39, 0.29) is 24.9 Å². The number of hydrogen-bond donors (Lipinski definition) is 0. The highest BCUT2D eigenvalue weighted by Gasteiger charge is 2.32. The highest BCUT2D eigenvalue weighted by atomic mass is 19.1. The second-order valence-corrected chi connectivity index (χ2v) is 6.41. The van der Waals surface area contributed by atoms with Crippen molar-refractivity contribution < 1.29 is 23.5 Å². The normalized spacial score (nSPS) is 14.5. The van der Waals surface area contributed by atoms with Crippen LogP contribution in [0, 0.1) is 5.82 Å². The summed E-state index contributed by atoms with van der Waals surface area (Å²) in [6.07, 6.45) is 0.627. The highest BCUT2D eigenvalue weighted by molar-refractivity contribution is 5.99. The average Bonchev–Trinajstić information content (AvgIpc) is 2.66. The molecule has 0 aromatic heterocycles. The van der Waals surface area contributed by atoms with Gasteiger partial charge >= 0.3 is 5.97 Å². The summed E-state index contributed by atoms with van der Waals surface area (Å²) in [4.78, 5) is 26.2. The summed E-state index contributed by atoms with van der Waals surface area (Å²) in [7, 11) is 0. The summed E-state index contributed by atoms with van der Waals surface area (Å²) in [6, 6.07) is 10.9. The number of amides is 1. The Balaban J connectivity index is 1.70. The molecule has 1 aliphatic rings. The van der Waals surface area contributed by atoms with E-state index in [4.69, 9.17) is 9.47 Å². The fraction of sp³-hybridized carbons (Fsp3) is 0.333. The number of nitrogens with zero attached hydrogens (tertiary/aromatic N) is 1. The van der Waals surface area contributed by atoms with Crippen molar-refractivity contribution in [1.29, 1.82) is 0 Å². The lowest BCUT2D eigenvalue weighted by molar-refractivity contribution is -0.148. The largest absolute Gasteiger partial charge is 0.489 e. The first-order valence-corrected chi connectivity index (χ1v) is 8.97. The van der Waals surface area contributed by atoms with E-state index in [1.54, 1.807) is 38.1 Å². The molecule has 5 nitrogen and oxygen atoms in total. The summed E-state index contributed by atoms with van der Waals surface area (Å²) in [5, 5.41) is 0. The van der Waals surface area contributed by atoms with Crippen LogP contribution in [0.4, 0.5) is 4.39 Å². The van der Waals surface area contributed by atoms with E-state index in [0.29, 0.717) is 24.3 Å². The maximum atomic E-state index is 13.2. The second-order valence-electron chi connectivity index (χ2n) is 6.41. The van der Waals surface area contributed by atoms with Crippen LogP contribution in [0.25, 0.3) is 0 Å². The van der Waals surface area contributed by atoms with Crippen molar-refractivity contribution in [3.8, 4) is 5.75 Å². The van der Waals surface area contributed by atoms with E-state index >= 15 is 0 Å². The molecule has 0 fully saturated rings. The Bertz CT molecular complexity index is 852. The van der Waals surface area contributed by atoms with Gasteiger partial charge in [0.2, 0.25) is 0 Å². The number of rotatable bonds is 6. The Hall–Kier alpha value is -2.89. The van der Waals surface area contributed by atoms with Gasteiger partial charge in [0.15, 0.2) is 0 Å². The Morgan fingerprint density at radius 3 is 2.81 bits per heavy atom. The molecule has 1 unspecified atom stereocenters. The minimum atomic E-state index is -0.616. The zero-order chi connectivity index (χ0) is 19.4. The van der Waals surface area contributed by atoms with E-state index in [1.807, 2.05) is 6.07 Å². The lowest BCUT2D eigenvalue weighted by Crippen LogP contribution is -2.47. The SMILES string of the molecule is CCOC(=O)C(C)N1CCc2cc(OCc3cccc(F)c3)ccc2C1=O. The van der Waals surface area contributed by atoms with Gasteiger partial charge in [0.05, 0.1) is 6.61 Å². The molecule has 2 aromatic carbocycles. The predicted molar refractivity (Wildman–Crippen MR) is 98.0 cm³/mol. The number of ether oxygens (including phenoxy) is 2. The summed E-state index contributed by atoms with van der Waals surface area (Å²) >= 11 is 0. The smallest absolute Gasteiger partial charge is 0.328 e. The third-order valence-corrected chi connectivity index (χ3v) is 4.58. The Morgan fingerprint density at radius 1 is 1.26 bits per heavy atom. The molecule has 0 saturated carbocycles. The molecule has 27 heavy (non-hydrogen) atoms. The van der Waals surface area contributed by atoms with Gasteiger partial charge in [0, 0.05) is 12.1 Å². The molecule has 1 amide bonds. The Labute approximate surface area is 157 Å². The summed E-state index contributed by atoms with van der Waals surface area (Å²) < 4.78 is 24.0. The zero-order valence-corrected chi connectivity index (χ0v) is 15.4. The number of benzene rings is 2. The molecule has 6 heteroatoms. The fourth-order valence-corrected chi connectivity index (χ4v) is 3.13. The average molecular weight is 371 g/mol. The predicted octanol–water partition coefficient (Wildman–Crippen LogP) is 3.35. The molecular weight excluding hydrogens is 349 g/mol. The molecule has 0 bridgehead atoms. The van der Waals surface area contributed by atoms with Crippen LogP contribution in [0.1, 0.15) is 35.3 Å². The quantitative estimate of drug-likeness (QED) is 0.731. The molecule has 0 saturated heterocycles. The van der Waals surface area contributed by atoms with E-state index in [1.165, 1.54) is 17.0 Å². The van der Waals surface area contributed by atoms with Crippen molar-refractivity contribution in [2.24, 2.45) is 0 Å². The Kier molecular flexibility index (Phi) is 5.74. The van der Waals surface area contributed by atoms with Crippen LogP contribution >= 0.6 is 0 Å². The standard InChI is InChI=1S/C21H22FNO4/c1-3-26-21(25)14(2)23-10-9-16-12-18(7-8-19(16)20(23)24)27-13-15-5-4-6-17(22)11-15/h4-8,11-12,14H,3,9-10,13H2,1-2H3. The number of carbonyl (C=O) groups excluding carboxylic acids is 2. The maximum Gasteiger partial charge on any atom is 0.328 e. The summed E-state index contributed by atoms with van der Waals surface area (Å²) in [5.74, 6) is -0.265. The molecule has 1 aliphatic heterocycles. The van der Waals surface area contributed by atoms with Crippen LogP contribution in [-0.2, 0) is 22.6 Å². The van der Waals surface area contributed by atoms with Crippen LogP contribution in [-0.4, -0.2) is 36.0 Å². The van der Waals surface area contributed by atoms with Gasteiger partial charge in [-0.25, -0.2) is 9.18 Å². The van der Waals surface area contributed by atoms with E-state index < -0.39 is 12.0 Å². The molecule has 1 atom stereocenters. The summed E-state index contributed by atoms with van der Waals surface area (Å²) in [5.41, 5.74) is 2.18. The van der Waals surface area contributed by atoms with Crippen LogP contribution in [0.15, 0.2) is 42.5 Å². The van der Waals surface area contributed by atoms with Crippen molar-refractivity contribution in [3.63, 3.8) is 0 Å². The van der Waals surface area contributed by atoms with Crippen molar-refractivity contribution in [2.75, 3.05) is 13.2 Å². The van der Waals surface area contributed by atoms with Crippen LogP contribution in [0.3, 0.4) is 0 Å². The van der Waals surface area contributed by atoms with E-state index in [9.17, 15) is 14.0 Å². The van der Waals surface area contributed by atoms with Crippen molar-refractivity contribution >= 4 is 11.9 Å². The fourth-order valence-electron chi connectivity index (χ4n) is 3.13. The molecule has 0 radical (unpaired) electrons. The van der Waals surface area contributed by atoms with Gasteiger partial charge in [-0.3, -0.25) is 4.79 Å². The first-order chi connectivity index (χ1) is 13.0. The zero-order valence-electron chi connectivity index (χ0n) is 15.4. The molecule has 1 heterocycles. The first kappa shape index (κ1) is 18.9. The lowest BCUT2D eigenvalue weighted by Gasteiger charge is -2.32. The monoisotopic (exact) mass is 371 g/mol. The third-order valence-electron chi connectivity index (χ3n) is 4.58. The van der Waals surface area contributed by atoms with Crippen molar-refractivity contribution in [1.82, 2.24) is 4.90 Å². The van der Waals surface area contributed by atoms with Gasteiger partial charge in [-0.2, -0.15) is 0 Å². The molecule has 0 spiro atoms. The molecule has 0 N–H and O–H groups in total. The molecule has 142 valence electrons. The lowest BCUT2D eigenvalue weighted by atomic mass is 9.97. The van der Waals surface area contributed by atoms with Crippen molar-refractivity contribution in [2.45, 2.75) is 32.9 Å². The van der Waals surface area contributed by atoms with Gasteiger partial charge < -0.3 is 14.4 Å². The molecule has 3 rings (SSSR count). The maximum absolute atomic E-state index is 13.2. The van der Waals surface area contributed by atoms with Crippen LogP contribution < -0.4 is 4.74 Å². The van der Waals surface area contributed by atoms with Crippen LogP contribution in [0.2, 0.25) is 0 Å². The highest BCUT2D eigenvalue weighted by Crippen LogP contribution is 2.26. The molecular formula is C21H22FNO4. The second kappa shape index (κ2) is 8.20. The van der Waals surface area contributed by atoms with Gasteiger partial charge in [-0.15, -0.1) is 0 Å². The summed E-state index contributed by atoms with van der Waals surface area (Å²) in [6.45, 7) is 4.39. The molecule has 2 aromatic rings. The number of hydrogen-bond acceptors (Lipinski definition) is 4. The van der Waals surface area contributed by atoms with Gasteiger partial charge in [-0.05, 0) is 61.7 Å². The number of esters is 1. The minimum absolute atomic E-state index is 0.187. The van der Waals surface area contributed by atoms with Gasteiger partial charge in [-0.1, -0.05) is 12.1 Å². The van der Waals surface area contributed by atoms with Crippen LogP contribution in [0.5, 0.6) is 5.75 Å². The number of carbonyl (C=O) groups is 2. The van der Waals surface area contributed by atoms with E-state index in [0.717, 1.165) is 11.1 Å². The number of fused-ring (bicyclic) bond motifs is 1. The van der Waals surface area contributed by atoms with Crippen molar-refractivity contribution in [3.05, 3.63) is 65.0 Å². The topological polar surface area (TPSA) is 55.8 Å². The van der Waals surface area contributed by atoms with Gasteiger partial charge in [0.1, 0.15) is 24.2 Å². The van der Waals surface area contributed by atoms with E-state index in [2.05, 4.69) is 0 Å². The number of halogens is 1. The first-order valence-electron chi connectivity index (χ1n) is 8.97. The molecule has 0 aliphatic carbocycles. The minimum Gasteiger partial charge on any atom is -0.489 e. The Morgan fingerprint density at radius 2 is 2.07 bits per heavy atom.